The summed E-state index contributed by atoms with van der Waals surface area (Å²) in [6.45, 7) is 7.46. The number of hydrogen-bond donors (Lipinski definition) is 1. The molecule has 0 radical (unpaired) electrons. The van der Waals surface area contributed by atoms with E-state index < -0.39 is 0 Å². The monoisotopic (exact) mass is 335 g/mol. The highest BCUT2D eigenvalue weighted by Crippen LogP contribution is 2.36. The third-order valence-electron chi connectivity index (χ3n) is 4.11. The van der Waals surface area contributed by atoms with Gasteiger partial charge in [-0.1, -0.05) is 0 Å². The molecule has 1 fully saturated rings. The van der Waals surface area contributed by atoms with Crippen LogP contribution in [0, 0.1) is 13.8 Å². The van der Waals surface area contributed by atoms with Crippen molar-refractivity contribution in [1.82, 2.24) is 9.97 Å². The van der Waals surface area contributed by atoms with Crippen LogP contribution >= 0.6 is 11.3 Å². The molecule has 7 heteroatoms. The highest BCUT2D eigenvalue weighted by atomic mass is 32.1. The van der Waals surface area contributed by atoms with E-state index in [1.807, 2.05) is 13.8 Å². The van der Waals surface area contributed by atoms with Crippen LogP contribution in [0.3, 0.4) is 0 Å². The van der Waals surface area contributed by atoms with Crippen molar-refractivity contribution in [2.45, 2.75) is 39.7 Å². The van der Waals surface area contributed by atoms with Crippen LogP contribution in [0.25, 0.3) is 10.2 Å². The fraction of sp³-hybridized carbons (Fsp3) is 0.562. The molecule has 1 N–H and O–H groups in total. The van der Waals surface area contributed by atoms with Crippen LogP contribution in [0.1, 0.15) is 40.8 Å². The van der Waals surface area contributed by atoms with Crippen LogP contribution in [0.2, 0.25) is 0 Å². The summed E-state index contributed by atoms with van der Waals surface area (Å²) in [5.74, 6) is 1.25. The summed E-state index contributed by atoms with van der Waals surface area (Å²) in [6, 6.07) is 0. The number of hydrogen-bond acceptors (Lipinski definition) is 7. The lowest BCUT2D eigenvalue weighted by Crippen LogP contribution is -2.36. The SMILES string of the molecule is CCOC(=O)c1sc2nc(C)nc(N3CCC(O)CC3)c2c1C. The summed E-state index contributed by atoms with van der Waals surface area (Å²) in [7, 11) is 0. The molecule has 2 aromatic rings. The molecule has 124 valence electrons. The Morgan fingerprint density at radius 3 is 2.70 bits per heavy atom. The van der Waals surface area contributed by atoms with Crippen molar-refractivity contribution in [3.05, 3.63) is 16.3 Å². The zero-order valence-corrected chi connectivity index (χ0v) is 14.4. The molecule has 6 nitrogen and oxygen atoms in total. The molecular weight excluding hydrogens is 314 g/mol. The van der Waals surface area contributed by atoms with Crippen molar-refractivity contribution in [2.75, 3.05) is 24.6 Å². The van der Waals surface area contributed by atoms with E-state index in [9.17, 15) is 9.90 Å². The van der Waals surface area contributed by atoms with Crippen molar-refractivity contribution < 1.29 is 14.6 Å². The average molecular weight is 335 g/mol. The number of fused-ring (bicyclic) bond motifs is 1. The minimum absolute atomic E-state index is 0.233. The lowest BCUT2D eigenvalue weighted by Gasteiger charge is -2.31. The van der Waals surface area contributed by atoms with Gasteiger partial charge in [0.15, 0.2) is 0 Å². The van der Waals surface area contributed by atoms with Crippen molar-refractivity contribution in [3.8, 4) is 0 Å². The first kappa shape index (κ1) is 16.1. The normalized spacial score (nSPS) is 16.1. The molecule has 0 aromatic carbocycles. The predicted octanol–water partition coefficient (Wildman–Crippen LogP) is 2.45. The quantitative estimate of drug-likeness (QED) is 0.868. The molecule has 0 bridgehead atoms. The molecule has 2 aromatic heterocycles. The highest BCUT2D eigenvalue weighted by Gasteiger charge is 2.25. The standard InChI is InChI=1S/C16H21N3O3S/c1-4-22-16(21)13-9(2)12-14(17-10(3)18-15(12)23-13)19-7-5-11(20)6-8-19/h11,20H,4-8H2,1-3H3. The number of carbonyl (C=O) groups is 1. The van der Waals surface area contributed by atoms with Crippen LogP contribution in [0.5, 0.6) is 0 Å². The maximum Gasteiger partial charge on any atom is 0.348 e. The molecule has 23 heavy (non-hydrogen) atoms. The zero-order chi connectivity index (χ0) is 16.6. The van der Waals surface area contributed by atoms with Crippen molar-refractivity contribution >= 4 is 33.3 Å². The van der Waals surface area contributed by atoms with Gasteiger partial charge in [0.1, 0.15) is 21.3 Å². The van der Waals surface area contributed by atoms with Gasteiger partial charge in [-0.3, -0.25) is 0 Å². The number of esters is 1. The number of rotatable bonds is 3. The van der Waals surface area contributed by atoms with Gasteiger partial charge < -0.3 is 14.7 Å². The second kappa shape index (κ2) is 6.41. The number of anilines is 1. The van der Waals surface area contributed by atoms with Gasteiger partial charge >= 0.3 is 5.97 Å². The lowest BCUT2D eigenvalue weighted by molar-refractivity contribution is 0.0531. The van der Waals surface area contributed by atoms with Gasteiger partial charge in [-0.15, -0.1) is 11.3 Å². The smallest absolute Gasteiger partial charge is 0.348 e. The number of ether oxygens (including phenoxy) is 1. The summed E-state index contributed by atoms with van der Waals surface area (Å²) in [6.07, 6.45) is 1.24. The van der Waals surface area contributed by atoms with Crippen LogP contribution in [-0.2, 0) is 4.74 Å². The number of carbonyl (C=O) groups excluding carboxylic acids is 1. The number of thiophene rings is 1. The summed E-state index contributed by atoms with van der Waals surface area (Å²) in [5.41, 5.74) is 0.879. The van der Waals surface area contributed by atoms with Gasteiger partial charge in [0.25, 0.3) is 0 Å². The largest absolute Gasteiger partial charge is 0.462 e. The Morgan fingerprint density at radius 1 is 1.35 bits per heavy atom. The molecule has 0 unspecified atom stereocenters. The van der Waals surface area contributed by atoms with Crippen molar-refractivity contribution in [1.29, 1.82) is 0 Å². The molecule has 3 heterocycles. The molecule has 0 spiro atoms. The molecule has 1 aliphatic rings. The zero-order valence-electron chi connectivity index (χ0n) is 13.6. The fourth-order valence-corrected chi connectivity index (χ4v) is 4.03. The Labute approximate surface area is 139 Å². The summed E-state index contributed by atoms with van der Waals surface area (Å²) in [4.78, 5) is 24.8. The van der Waals surface area contributed by atoms with Gasteiger partial charge in [0.2, 0.25) is 0 Å². The van der Waals surface area contributed by atoms with Crippen molar-refractivity contribution in [2.24, 2.45) is 0 Å². The first-order valence-electron chi connectivity index (χ1n) is 7.89. The third-order valence-corrected chi connectivity index (χ3v) is 5.27. The molecule has 0 saturated carbocycles. The molecular formula is C16H21N3O3S. The van der Waals surface area contributed by atoms with Crippen LogP contribution in [0.4, 0.5) is 5.82 Å². The summed E-state index contributed by atoms with van der Waals surface area (Å²) < 4.78 is 5.14. The molecule has 0 aliphatic carbocycles. The predicted molar refractivity (Wildman–Crippen MR) is 90.3 cm³/mol. The Balaban J connectivity index is 2.08. The van der Waals surface area contributed by atoms with Gasteiger partial charge in [-0.25, -0.2) is 14.8 Å². The van der Waals surface area contributed by atoms with E-state index in [2.05, 4.69) is 14.9 Å². The van der Waals surface area contributed by atoms with Gasteiger partial charge in [-0.05, 0) is 39.2 Å². The maximum atomic E-state index is 12.1. The maximum absolute atomic E-state index is 12.1. The second-order valence-electron chi connectivity index (χ2n) is 5.77. The first-order chi connectivity index (χ1) is 11.0. The number of aliphatic hydroxyl groups is 1. The first-order valence-corrected chi connectivity index (χ1v) is 8.70. The van der Waals surface area contributed by atoms with Crippen LogP contribution in [-0.4, -0.2) is 46.8 Å². The average Bonchev–Trinajstić information content (AvgIpc) is 2.84. The Bertz CT molecular complexity index is 736. The molecule has 1 aliphatic heterocycles. The fourth-order valence-electron chi connectivity index (χ4n) is 2.92. The van der Waals surface area contributed by atoms with E-state index in [-0.39, 0.29) is 12.1 Å². The van der Waals surface area contributed by atoms with Gasteiger partial charge in [0, 0.05) is 13.1 Å². The Kier molecular flexibility index (Phi) is 4.50. The van der Waals surface area contributed by atoms with Crippen LogP contribution < -0.4 is 4.90 Å². The topological polar surface area (TPSA) is 75.5 Å². The van der Waals surface area contributed by atoms with E-state index in [1.54, 1.807) is 6.92 Å². The van der Waals surface area contributed by atoms with E-state index in [0.29, 0.717) is 17.3 Å². The van der Waals surface area contributed by atoms with E-state index >= 15 is 0 Å². The summed E-state index contributed by atoms with van der Waals surface area (Å²) in [5, 5.41) is 10.6. The van der Waals surface area contributed by atoms with Crippen LogP contribution in [0.15, 0.2) is 0 Å². The molecule has 0 atom stereocenters. The van der Waals surface area contributed by atoms with E-state index in [1.165, 1.54) is 11.3 Å². The number of aromatic nitrogens is 2. The van der Waals surface area contributed by atoms with E-state index in [0.717, 1.165) is 47.5 Å². The second-order valence-corrected chi connectivity index (χ2v) is 6.77. The third kappa shape index (κ3) is 3.03. The number of aryl methyl sites for hydroxylation is 2. The van der Waals surface area contributed by atoms with Gasteiger partial charge in [-0.2, -0.15) is 0 Å². The van der Waals surface area contributed by atoms with Gasteiger partial charge in [0.05, 0.1) is 18.1 Å². The lowest BCUT2D eigenvalue weighted by atomic mass is 10.1. The number of piperidine rings is 1. The Morgan fingerprint density at radius 2 is 2.04 bits per heavy atom. The molecule has 3 rings (SSSR count). The number of aliphatic hydroxyl groups excluding tert-OH is 1. The highest BCUT2D eigenvalue weighted by molar-refractivity contribution is 7.20. The molecule has 0 amide bonds. The van der Waals surface area contributed by atoms with Crippen molar-refractivity contribution in [3.63, 3.8) is 0 Å². The number of nitrogens with zero attached hydrogens (tertiary/aromatic N) is 3. The Hall–Kier alpha value is -1.73. The minimum atomic E-state index is -0.300. The summed E-state index contributed by atoms with van der Waals surface area (Å²) >= 11 is 1.36. The van der Waals surface area contributed by atoms with E-state index in [4.69, 9.17) is 4.74 Å². The minimum Gasteiger partial charge on any atom is -0.462 e. The molecule has 1 saturated heterocycles.